The average Bonchev–Trinajstić information content (AvgIpc) is 2.67. The van der Waals surface area contributed by atoms with Crippen LogP contribution in [0, 0.1) is 11.8 Å². The fraction of sp³-hybridized carbons (Fsp3) is 1.00. The van der Waals surface area contributed by atoms with Gasteiger partial charge in [0.15, 0.2) is 0 Å². The second-order valence-corrected chi connectivity index (χ2v) is 5.93. The largest absolute Gasteiger partial charge is 0.374 e. The fourth-order valence-electron chi connectivity index (χ4n) is 2.85. The van der Waals surface area contributed by atoms with Gasteiger partial charge in [0.2, 0.25) is 0 Å². The lowest BCUT2D eigenvalue weighted by atomic mass is 9.79. The van der Waals surface area contributed by atoms with E-state index in [9.17, 15) is 0 Å². The van der Waals surface area contributed by atoms with Gasteiger partial charge in [0, 0.05) is 4.43 Å². The summed E-state index contributed by atoms with van der Waals surface area (Å²) in [5.74, 6) is 1.85. The third-order valence-electron chi connectivity index (χ3n) is 3.90. The van der Waals surface area contributed by atoms with Crippen LogP contribution < -0.4 is 0 Å². The van der Waals surface area contributed by atoms with Gasteiger partial charge >= 0.3 is 0 Å². The van der Waals surface area contributed by atoms with E-state index in [1.165, 1.54) is 43.0 Å². The molecule has 2 fully saturated rings. The third kappa shape index (κ3) is 2.63. The molecule has 0 aromatic carbocycles. The minimum absolute atomic E-state index is 0.569. The van der Waals surface area contributed by atoms with Crippen molar-refractivity contribution in [3.8, 4) is 0 Å². The fourth-order valence-corrected chi connectivity index (χ4v) is 3.50. The average molecular weight is 308 g/mol. The van der Waals surface area contributed by atoms with Gasteiger partial charge in [-0.2, -0.15) is 0 Å². The highest BCUT2D eigenvalue weighted by molar-refractivity contribution is 14.1. The first kappa shape index (κ1) is 11.2. The van der Waals surface area contributed by atoms with Crippen LogP contribution in [0.5, 0.6) is 0 Å². The Morgan fingerprint density at radius 2 is 1.79 bits per heavy atom. The summed E-state index contributed by atoms with van der Waals surface area (Å²) in [6.07, 6.45) is 9.51. The van der Waals surface area contributed by atoms with E-state index in [2.05, 4.69) is 29.5 Å². The molecule has 1 saturated heterocycles. The minimum atomic E-state index is 0.569. The van der Waals surface area contributed by atoms with Gasteiger partial charge in [-0.3, -0.25) is 0 Å². The third-order valence-corrected chi connectivity index (χ3v) is 4.88. The Bertz CT molecular complexity index is 175. The van der Waals surface area contributed by atoms with E-state index in [0.717, 1.165) is 11.8 Å². The Morgan fingerprint density at radius 1 is 1.07 bits per heavy atom. The van der Waals surface area contributed by atoms with Gasteiger partial charge in [0.05, 0.1) is 12.2 Å². The predicted molar refractivity (Wildman–Crippen MR) is 67.9 cm³/mol. The van der Waals surface area contributed by atoms with Crippen LogP contribution in [0.4, 0.5) is 0 Å². The van der Waals surface area contributed by atoms with Crippen molar-refractivity contribution in [3.05, 3.63) is 0 Å². The topological polar surface area (TPSA) is 9.23 Å². The molecule has 1 aliphatic heterocycles. The second-order valence-electron chi connectivity index (χ2n) is 5.05. The zero-order valence-corrected chi connectivity index (χ0v) is 11.2. The van der Waals surface area contributed by atoms with E-state index < -0.39 is 0 Å². The molecule has 0 aromatic heterocycles. The van der Waals surface area contributed by atoms with E-state index in [1.54, 1.807) is 0 Å². The van der Waals surface area contributed by atoms with Crippen LogP contribution in [0.1, 0.15) is 45.4 Å². The molecule has 0 amide bonds. The number of alkyl halides is 1. The molecule has 0 bridgehead atoms. The molecule has 1 heterocycles. The summed E-state index contributed by atoms with van der Waals surface area (Å²) < 4.78 is 7.26. The number of ether oxygens (including phenoxy) is 1. The molecular formula is C12H21IO. The van der Waals surface area contributed by atoms with Crippen molar-refractivity contribution in [1.82, 2.24) is 0 Å². The first-order chi connectivity index (χ1) is 6.79. The Kier molecular flexibility index (Phi) is 4.11. The molecule has 2 aliphatic rings. The van der Waals surface area contributed by atoms with Crippen molar-refractivity contribution in [2.75, 3.05) is 4.43 Å². The maximum Gasteiger partial charge on any atom is 0.0669 e. The van der Waals surface area contributed by atoms with Crippen LogP contribution in [0.15, 0.2) is 0 Å². The zero-order valence-electron chi connectivity index (χ0n) is 9.05. The monoisotopic (exact) mass is 308 g/mol. The molecule has 0 spiro atoms. The summed E-state index contributed by atoms with van der Waals surface area (Å²) >= 11 is 2.45. The lowest BCUT2D eigenvalue weighted by Gasteiger charge is -2.30. The number of hydrogen-bond donors (Lipinski definition) is 0. The molecule has 0 N–H and O–H groups in total. The van der Waals surface area contributed by atoms with Gasteiger partial charge < -0.3 is 4.74 Å². The molecule has 2 unspecified atom stereocenters. The van der Waals surface area contributed by atoms with Gasteiger partial charge in [-0.15, -0.1) is 0 Å². The highest BCUT2D eigenvalue weighted by Crippen LogP contribution is 2.36. The van der Waals surface area contributed by atoms with Crippen LogP contribution >= 0.6 is 22.6 Å². The maximum atomic E-state index is 6.08. The van der Waals surface area contributed by atoms with Crippen LogP contribution in [0.2, 0.25) is 0 Å². The van der Waals surface area contributed by atoms with Crippen molar-refractivity contribution in [1.29, 1.82) is 0 Å². The van der Waals surface area contributed by atoms with E-state index >= 15 is 0 Å². The number of halogens is 1. The number of rotatable bonds is 2. The summed E-state index contributed by atoms with van der Waals surface area (Å²) in [6.45, 7) is 2.39. The lowest BCUT2D eigenvalue weighted by Crippen LogP contribution is -2.25. The number of hydrogen-bond acceptors (Lipinski definition) is 1. The first-order valence-electron chi connectivity index (χ1n) is 6.01. The zero-order chi connectivity index (χ0) is 9.97. The molecule has 2 rings (SSSR count). The van der Waals surface area contributed by atoms with Crippen molar-refractivity contribution in [2.24, 2.45) is 11.8 Å². The SMILES string of the molecule is CC1CCC(C2CCC(CI)O2)CC1. The molecule has 82 valence electrons. The Morgan fingerprint density at radius 3 is 2.36 bits per heavy atom. The van der Waals surface area contributed by atoms with Crippen molar-refractivity contribution in [2.45, 2.75) is 57.7 Å². The summed E-state index contributed by atoms with van der Waals surface area (Å²) in [4.78, 5) is 0. The second kappa shape index (κ2) is 5.15. The van der Waals surface area contributed by atoms with Crippen molar-refractivity contribution >= 4 is 22.6 Å². The Labute approximate surface area is 101 Å². The van der Waals surface area contributed by atoms with Crippen LogP contribution in [0.25, 0.3) is 0 Å². The normalized spacial score (nSPS) is 44.1. The standard InChI is InChI=1S/C12H21IO/c1-9-2-4-10(5-3-9)12-7-6-11(8-13)14-12/h9-12H,2-8H2,1H3. The molecule has 1 aliphatic carbocycles. The molecule has 0 radical (unpaired) electrons. The molecule has 0 aromatic rings. The van der Waals surface area contributed by atoms with Gasteiger partial charge in [-0.05, 0) is 37.5 Å². The van der Waals surface area contributed by atoms with Crippen molar-refractivity contribution < 1.29 is 4.74 Å². The highest BCUT2D eigenvalue weighted by atomic mass is 127. The Balaban J connectivity index is 1.79. The minimum Gasteiger partial charge on any atom is -0.374 e. The quantitative estimate of drug-likeness (QED) is 0.557. The van der Waals surface area contributed by atoms with E-state index in [4.69, 9.17) is 4.74 Å². The van der Waals surface area contributed by atoms with Crippen LogP contribution in [-0.4, -0.2) is 16.6 Å². The van der Waals surface area contributed by atoms with Crippen molar-refractivity contribution in [3.63, 3.8) is 0 Å². The summed E-state index contributed by atoms with van der Waals surface area (Å²) in [6, 6.07) is 0. The van der Waals surface area contributed by atoms with Gasteiger partial charge in [-0.1, -0.05) is 42.4 Å². The van der Waals surface area contributed by atoms with E-state index in [0.29, 0.717) is 12.2 Å². The summed E-state index contributed by atoms with van der Waals surface area (Å²) in [7, 11) is 0. The van der Waals surface area contributed by atoms with E-state index in [1.807, 2.05) is 0 Å². The maximum absolute atomic E-state index is 6.08. The van der Waals surface area contributed by atoms with Crippen LogP contribution in [0.3, 0.4) is 0 Å². The van der Waals surface area contributed by atoms with Crippen LogP contribution in [-0.2, 0) is 4.74 Å². The molecule has 1 nitrogen and oxygen atoms in total. The molecule has 14 heavy (non-hydrogen) atoms. The first-order valence-corrected chi connectivity index (χ1v) is 7.53. The van der Waals surface area contributed by atoms with Gasteiger partial charge in [-0.25, -0.2) is 0 Å². The molecule has 1 saturated carbocycles. The van der Waals surface area contributed by atoms with Gasteiger partial charge in [0.25, 0.3) is 0 Å². The highest BCUT2D eigenvalue weighted by Gasteiger charge is 2.32. The summed E-state index contributed by atoms with van der Waals surface area (Å²) in [5, 5.41) is 0. The molecular weight excluding hydrogens is 287 g/mol. The van der Waals surface area contributed by atoms with E-state index in [-0.39, 0.29) is 0 Å². The lowest BCUT2D eigenvalue weighted by molar-refractivity contribution is 0.00738. The predicted octanol–water partition coefficient (Wildman–Crippen LogP) is 3.80. The summed E-state index contributed by atoms with van der Waals surface area (Å²) in [5.41, 5.74) is 0. The smallest absolute Gasteiger partial charge is 0.0669 e. The van der Waals surface area contributed by atoms with Gasteiger partial charge in [0.1, 0.15) is 0 Å². The molecule has 2 atom stereocenters. The Hall–Kier alpha value is 0.690. The molecule has 2 heteroatoms.